The van der Waals surface area contributed by atoms with E-state index in [2.05, 4.69) is 10.4 Å². The number of hydrogen-bond donors (Lipinski definition) is 2. The molecule has 1 aliphatic rings. The Labute approximate surface area is 123 Å². The summed E-state index contributed by atoms with van der Waals surface area (Å²) in [6.45, 7) is 3.93. The summed E-state index contributed by atoms with van der Waals surface area (Å²) < 4.78 is 5.58. The van der Waals surface area contributed by atoms with Gasteiger partial charge in [0.05, 0.1) is 6.10 Å². The number of likely N-dealkylation sites (N-methyl/N-ethyl adjacent to an activating group) is 1. The zero-order chi connectivity index (χ0) is 14.5. The van der Waals surface area contributed by atoms with E-state index in [1.807, 2.05) is 6.92 Å². The molecule has 3 N–H and O–H groups in total. The van der Waals surface area contributed by atoms with Crippen molar-refractivity contribution in [2.24, 2.45) is 5.84 Å². The number of nitrogens with one attached hydrogen (secondary N) is 1. The van der Waals surface area contributed by atoms with E-state index in [-0.39, 0.29) is 17.2 Å². The van der Waals surface area contributed by atoms with Gasteiger partial charge in [-0.2, -0.15) is 0 Å². The van der Waals surface area contributed by atoms with Crippen molar-refractivity contribution in [2.45, 2.75) is 25.9 Å². The predicted octanol–water partition coefficient (Wildman–Crippen LogP) is 1.66. The molecule has 0 aromatic carbocycles. The number of hydrazine groups is 1. The van der Waals surface area contributed by atoms with Gasteiger partial charge in [-0.25, -0.2) is 10.8 Å². The van der Waals surface area contributed by atoms with Crippen LogP contribution in [0.4, 0.5) is 5.82 Å². The predicted molar refractivity (Wildman–Crippen MR) is 77.6 cm³/mol. The van der Waals surface area contributed by atoms with Crippen LogP contribution in [0, 0.1) is 0 Å². The van der Waals surface area contributed by atoms with E-state index >= 15 is 0 Å². The summed E-state index contributed by atoms with van der Waals surface area (Å²) >= 11 is 5.89. The van der Waals surface area contributed by atoms with Crippen molar-refractivity contribution >= 4 is 23.3 Å². The third-order valence-electron chi connectivity index (χ3n) is 3.31. The monoisotopic (exact) mass is 298 g/mol. The highest BCUT2D eigenvalue weighted by Gasteiger charge is 2.23. The normalized spacial score (nSPS) is 18.1. The molecule has 1 aromatic rings. The van der Waals surface area contributed by atoms with Gasteiger partial charge in [0.25, 0.3) is 5.91 Å². The molecular formula is C13H19ClN4O2. The summed E-state index contributed by atoms with van der Waals surface area (Å²) in [7, 11) is 0. The summed E-state index contributed by atoms with van der Waals surface area (Å²) in [5.41, 5.74) is 2.87. The maximum atomic E-state index is 12.5. The van der Waals surface area contributed by atoms with Gasteiger partial charge in [-0.05, 0) is 31.9 Å². The molecule has 1 fully saturated rings. The number of anilines is 1. The smallest absolute Gasteiger partial charge is 0.254 e. The Kier molecular flexibility index (Phi) is 5.17. The number of rotatable bonds is 5. The molecule has 0 saturated carbocycles. The zero-order valence-electron chi connectivity index (χ0n) is 11.4. The lowest BCUT2D eigenvalue weighted by Gasteiger charge is -2.24. The molecule has 2 rings (SSSR count). The first kappa shape index (κ1) is 15.0. The fourth-order valence-corrected chi connectivity index (χ4v) is 2.48. The zero-order valence-corrected chi connectivity index (χ0v) is 12.2. The highest BCUT2D eigenvalue weighted by atomic mass is 35.5. The molecule has 1 amide bonds. The second-order valence-corrected chi connectivity index (χ2v) is 5.07. The highest BCUT2D eigenvalue weighted by Crippen LogP contribution is 2.18. The molecule has 2 heterocycles. The van der Waals surface area contributed by atoms with Gasteiger partial charge in [-0.15, -0.1) is 0 Å². The number of carbonyl (C=O) groups excluding carboxylic acids is 1. The minimum atomic E-state index is -0.0937. The number of nitrogen functional groups attached to an aromatic ring is 1. The van der Waals surface area contributed by atoms with Crippen molar-refractivity contribution in [3.05, 3.63) is 22.8 Å². The highest BCUT2D eigenvalue weighted by molar-refractivity contribution is 6.29. The minimum Gasteiger partial charge on any atom is -0.376 e. The minimum absolute atomic E-state index is 0.0937. The molecule has 0 aliphatic carbocycles. The van der Waals surface area contributed by atoms with Gasteiger partial charge in [-0.3, -0.25) is 4.79 Å². The molecule has 20 heavy (non-hydrogen) atoms. The number of nitrogens with two attached hydrogens (primary N) is 1. The summed E-state index contributed by atoms with van der Waals surface area (Å²) in [6, 6.07) is 3.13. The second kappa shape index (κ2) is 6.88. The first-order valence-corrected chi connectivity index (χ1v) is 7.07. The van der Waals surface area contributed by atoms with E-state index in [9.17, 15) is 4.79 Å². The van der Waals surface area contributed by atoms with Crippen molar-refractivity contribution < 1.29 is 9.53 Å². The van der Waals surface area contributed by atoms with Crippen LogP contribution in [0.5, 0.6) is 0 Å². The topological polar surface area (TPSA) is 80.5 Å². The molecule has 6 nitrogen and oxygen atoms in total. The summed E-state index contributed by atoms with van der Waals surface area (Å²) in [6.07, 6.45) is 2.18. The molecule has 0 bridgehead atoms. The van der Waals surface area contributed by atoms with E-state index in [0.717, 1.165) is 19.4 Å². The van der Waals surface area contributed by atoms with Crippen molar-refractivity contribution in [2.75, 3.05) is 25.1 Å². The molecule has 1 aliphatic heterocycles. The molecule has 0 radical (unpaired) electrons. The Morgan fingerprint density at radius 1 is 1.65 bits per heavy atom. The standard InChI is InChI=1S/C13H19ClN4O2/c1-2-18(8-10-4-3-5-20-10)13(19)9-6-11(14)16-12(7-9)17-15/h6-7,10H,2-5,8,15H2,1H3,(H,16,17). The van der Waals surface area contributed by atoms with E-state index in [0.29, 0.717) is 24.5 Å². The third-order valence-corrected chi connectivity index (χ3v) is 3.50. The van der Waals surface area contributed by atoms with Gasteiger partial charge < -0.3 is 15.1 Å². The van der Waals surface area contributed by atoms with Gasteiger partial charge in [0.15, 0.2) is 0 Å². The van der Waals surface area contributed by atoms with Crippen LogP contribution in [-0.2, 0) is 4.74 Å². The molecule has 7 heteroatoms. The molecule has 0 spiro atoms. The maximum Gasteiger partial charge on any atom is 0.254 e. The number of amides is 1. The average molecular weight is 299 g/mol. The van der Waals surface area contributed by atoms with Crippen LogP contribution in [-0.4, -0.2) is 41.6 Å². The van der Waals surface area contributed by atoms with E-state index in [1.165, 1.54) is 0 Å². The number of pyridine rings is 1. The van der Waals surface area contributed by atoms with Crippen LogP contribution in [0.25, 0.3) is 0 Å². The molecule has 1 atom stereocenters. The van der Waals surface area contributed by atoms with Crippen molar-refractivity contribution in [1.82, 2.24) is 9.88 Å². The lowest BCUT2D eigenvalue weighted by Crippen LogP contribution is -2.37. The van der Waals surface area contributed by atoms with Gasteiger partial charge >= 0.3 is 0 Å². The van der Waals surface area contributed by atoms with Crippen molar-refractivity contribution in [1.29, 1.82) is 0 Å². The Balaban J connectivity index is 2.12. The van der Waals surface area contributed by atoms with Crippen LogP contribution in [0.2, 0.25) is 5.15 Å². The number of ether oxygens (including phenoxy) is 1. The summed E-state index contributed by atoms with van der Waals surface area (Å²) in [5.74, 6) is 5.59. The number of nitrogens with zero attached hydrogens (tertiary/aromatic N) is 2. The second-order valence-electron chi connectivity index (χ2n) is 4.69. The first-order chi connectivity index (χ1) is 9.63. The number of aromatic nitrogens is 1. The van der Waals surface area contributed by atoms with E-state index in [1.54, 1.807) is 17.0 Å². The molecule has 1 unspecified atom stereocenters. The fourth-order valence-electron chi connectivity index (χ4n) is 2.27. The number of hydrogen-bond acceptors (Lipinski definition) is 5. The molecule has 110 valence electrons. The molecule has 1 aromatic heterocycles. The number of carbonyl (C=O) groups is 1. The summed E-state index contributed by atoms with van der Waals surface area (Å²) in [4.78, 5) is 18.2. The number of halogens is 1. The largest absolute Gasteiger partial charge is 0.376 e. The Morgan fingerprint density at radius 3 is 3.05 bits per heavy atom. The van der Waals surface area contributed by atoms with E-state index in [4.69, 9.17) is 22.2 Å². The molecular weight excluding hydrogens is 280 g/mol. The van der Waals surface area contributed by atoms with Crippen LogP contribution in [0.1, 0.15) is 30.1 Å². The third kappa shape index (κ3) is 3.59. The van der Waals surface area contributed by atoms with Gasteiger partial charge in [0, 0.05) is 25.3 Å². The van der Waals surface area contributed by atoms with E-state index < -0.39 is 0 Å². The lowest BCUT2D eigenvalue weighted by molar-refractivity contribution is 0.0539. The van der Waals surface area contributed by atoms with Crippen LogP contribution in [0.3, 0.4) is 0 Å². The Hall–Kier alpha value is -1.37. The summed E-state index contributed by atoms with van der Waals surface area (Å²) in [5, 5.41) is 0.233. The van der Waals surface area contributed by atoms with Crippen molar-refractivity contribution in [3.8, 4) is 0 Å². The Bertz CT molecular complexity index is 477. The van der Waals surface area contributed by atoms with Gasteiger partial charge in [0.2, 0.25) is 0 Å². The quantitative estimate of drug-likeness (QED) is 0.491. The lowest BCUT2D eigenvalue weighted by atomic mass is 10.2. The SMILES string of the molecule is CCN(CC1CCCO1)C(=O)c1cc(Cl)nc(NN)c1. The first-order valence-electron chi connectivity index (χ1n) is 6.69. The maximum absolute atomic E-state index is 12.5. The average Bonchev–Trinajstić information content (AvgIpc) is 2.96. The Morgan fingerprint density at radius 2 is 2.45 bits per heavy atom. The van der Waals surface area contributed by atoms with Crippen molar-refractivity contribution in [3.63, 3.8) is 0 Å². The van der Waals surface area contributed by atoms with Gasteiger partial charge in [0.1, 0.15) is 11.0 Å². The fraction of sp³-hybridized carbons (Fsp3) is 0.538. The molecule has 1 saturated heterocycles. The van der Waals surface area contributed by atoms with Crippen LogP contribution < -0.4 is 11.3 Å². The van der Waals surface area contributed by atoms with Crippen LogP contribution in [0.15, 0.2) is 12.1 Å². The van der Waals surface area contributed by atoms with Gasteiger partial charge in [-0.1, -0.05) is 11.6 Å². The van der Waals surface area contributed by atoms with Crippen LogP contribution >= 0.6 is 11.6 Å².